The average molecular weight is 230 g/mol. The molecule has 0 aliphatic heterocycles. The highest BCUT2D eigenvalue weighted by Crippen LogP contribution is 2.13. The third kappa shape index (κ3) is 4.26. The number of aliphatic carboxylic acids is 1. The summed E-state index contributed by atoms with van der Waals surface area (Å²) in [7, 11) is 1.60. The molecule has 1 aromatic heterocycles. The number of ether oxygens (including phenoxy) is 1. The van der Waals surface area contributed by atoms with E-state index in [1.54, 1.807) is 18.7 Å². The van der Waals surface area contributed by atoms with Gasteiger partial charge in [0.05, 0.1) is 0 Å². The summed E-state index contributed by atoms with van der Waals surface area (Å²) >= 11 is 1.39. The quantitative estimate of drug-likeness (QED) is 0.693. The SMILES string of the molecule is COCCCC(Nc1nccs1)C(=O)O. The van der Waals surface area contributed by atoms with E-state index in [1.165, 1.54) is 11.3 Å². The Morgan fingerprint density at radius 3 is 3.13 bits per heavy atom. The first-order valence-corrected chi connectivity index (χ1v) is 5.49. The summed E-state index contributed by atoms with van der Waals surface area (Å²) in [5, 5.41) is 14.3. The van der Waals surface area contributed by atoms with Gasteiger partial charge in [0.15, 0.2) is 5.13 Å². The van der Waals surface area contributed by atoms with E-state index < -0.39 is 12.0 Å². The first-order valence-electron chi connectivity index (χ1n) is 4.62. The summed E-state index contributed by atoms with van der Waals surface area (Å²) in [6.07, 6.45) is 2.88. The minimum Gasteiger partial charge on any atom is -0.480 e. The Bertz CT molecular complexity index is 290. The fraction of sp³-hybridized carbons (Fsp3) is 0.556. The molecule has 1 heterocycles. The maximum atomic E-state index is 10.9. The van der Waals surface area contributed by atoms with Gasteiger partial charge in [-0.3, -0.25) is 0 Å². The Morgan fingerprint density at radius 1 is 1.80 bits per heavy atom. The smallest absolute Gasteiger partial charge is 0.326 e. The molecule has 0 aliphatic rings. The summed E-state index contributed by atoms with van der Waals surface area (Å²) in [5.74, 6) is -0.860. The van der Waals surface area contributed by atoms with Crippen molar-refractivity contribution in [1.29, 1.82) is 0 Å². The molecule has 0 bridgehead atoms. The van der Waals surface area contributed by atoms with Gasteiger partial charge < -0.3 is 15.2 Å². The number of anilines is 1. The monoisotopic (exact) mass is 230 g/mol. The molecule has 1 unspecified atom stereocenters. The van der Waals surface area contributed by atoms with Crippen LogP contribution in [0.5, 0.6) is 0 Å². The molecule has 0 spiro atoms. The first-order chi connectivity index (χ1) is 7.24. The lowest BCUT2D eigenvalue weighted by Gasteiger charge is -2.12. The van der Waals surface area contributed by atoms with Crippen LogP contribution in [0.2, 0.25) is 0 Å². The van der Waals surface area contributed by atoms with E-state index in [4.69, 9.17) is 9.84 Å². The number of thiazole rings is 1. The molecule has 1 rings (SSSR count). The standard InChI is InChI=1S/C9H14N2O3S/c1-14-5-2-3-7(8(12)13)11-9-10-4-6-15-9/h4,6-7H,2-3,5H2,1H3,(H,10,11)(H,12,13). The van der Waals surface area contributed by atoms with Gasteiger partial charge in [0, 0.05) is 25.3 Å². The van der Waals surface area contributed by atoms with E-state index in [2.05, 4.69) is 10.3 Å². The molecule has 0 fully saturated rings. The molecule has 0 radical (unpaired) electrons. The van der Waals surface area contributed by atoms with Crippen LogP contribution in [0.1, 0.15) is 12.8 Å². The molecule has 1 atom stereocenters. The molecular weight excluding hydrogens is 216 g/mol. The van der Waals surface area contributed by atoms with Crippen molar-refractivity contribution in [2.75, 3.05) is 19.0 Å². The Morgan fingerprint density at radius 2 is 2.60 bits per heavy atom. The van der Waals surface area contributed by atoms with Crippen molar-refractivity contribution in [2.24, 2.45) is 0 Å². The van der Waals surface area contributed by atoms with Crippen molar-refractivity contribution in [3.05, 3.63) is 11.6 Å². The lowest BCUT2D eigenvalue weighted by molar-refractivity contribution is -0.138. The highest BCUT2D eigenvalue weighted by Gasteiger charge is 2.17. The molecule has 0 amide bonds. The zero-order chi connectivity index (χ0) is 11.1. The van der Waals surface area contributed by atoms with E-state index in [-0.39, 0.29) is 0 Å². The summed E-state index contributed by atoms with van der Waals surface area (Å²) in [6, 6.07) is -0.591. The number of rotatable bonds is 7. The van der Waals surface area contributed by atoms with Crippen LogP contribution in [0.3, 0.4) is 0 Å². The van der Waals surface area contributed by atoms with Crippen molar-refractivity contribution in [3.63, 3.8) is 0 Å². The van der Waals surface area contributed by atoms with Gasteiger partial charge in [-0.25, -0.2) is 9.78 Å². The van der Waals surface area contributed by atoms with E-state index in [0.717, 1.165) is 0 Å². The lowest BCUT2D eigenvalue weighted by Crippen LogP contribution is -2.29. The Kier molecular flexibility index (Phi) is 5.06. The Labute approximate surface area is 92.1 Å². The minimum absolute atomic E-state index is 0.531. The van der Waals surface area contributed by atoms with Crippen LogP contribution in [0, 0.1) is 0 Å². The van der Waals surface area contributed by atoms with Gasteiger partial charge >= 0.3 is 5.97 Å². The molecular formula is C9H14N2O3S. The second-order valence-electron chi connectivity index (χ2n) is 3.01. The zero-order valence-corrected chi connectivity index (χ0v) is 9.29. The number of carboxylic acids is 1. The predicted octanol–water partition coefficient (Wildman–Crippen LogP) is 1.43. The van der Waals surface area contributed by atoms with Crippen LogP contribution in [0.4, 0.5) is 5.13 Å². The van der Waals surface area contributed by atoms with Gasteiger partial charge in [0.2, 0.25) is 0 Å². The van der Waals surface area contributed by atoms with Gasteiger partial charge in [-0.1, -0.05) is 0 Å². The van der Waals surface area contributed by atoms with E-state index in [9.17, 15) is 4.79 Å². The molecule has 5 nitrogen and oxygen atoms in total. The van der Waals surface area contributed by atoms with Crippen molar-refractivity contribution < 1.29 is 14.6 Å². The summed E-state index contributed by atoms with van der Waals surface area (Å²) < 4.78 is 4.87. The second kappa shape index (κ2) is 6.36. The van der Waals surface area contributed by atoms with Crippen molar-refractivity contribution in [1.82, 2.24) is 4.98 Å². The van der Waals surface area contributed by atoms with Crippen LogP contribution in [-0.2, 0) is 9.53 Å². The molecule has 0 saturated heterocycles. The Balaban J connectivity index is 2.40. The third-order valence-corrected chi connectivity index (χ3v) is 2.57. The van der Waals surface area contributed by atoms with Gasteiger partial charge in [-0.05, 0) is 12.8 Å². The number of methoxy groups -OCH3 is 1. The number of nitrogens with one attached hydrogen (secondary N) is 1. The van der Waals surface area contributed by atoms with Crippen LogP contribution >= 0.6 is 11.3 Å². The van der Waals surface area contributed by atoms with Gasteiger partial charge in [0.1, 0.15) is 6.04 Å². The number of carbonyl (C=O) groups is 1. The Hall–Kier alpha value is -1.14. The molecule has 0 aliphatic carbocycles. The molecule has 2 N–H and O–H groups in total. The summed E-state index contributed by atoms with van der Waals surface area (Å²) in [5.41, 5.74) is 0. The second-order valence-corrected chi connectivity index (χ2v) is 3.90. The molecule has 84 valence electrons. The first kappa shape index (κ1) is 11.9. The average Bonchev–Trinajstić information content (AvgIpc) is 2.69. The lowest BCUT2D eigenvalue weighted by atomic mass is 10.1. The van der Waals surface area contributed by atoms with E-state index >= 15 is 0 Å². The highest BCUT2D eigenvalue weighted by molar-refractivity contribution is 7.13. The predicted molar refractivity (Wildman–Crippen MR) is 58.3 cm³/mol. The van der Waals surface area contributed by atoms with Crippen LogP contribution in [-0.4, -0.2) is 35.8 Å². The molecule has 15 heavy (non-hydrogen) atoms. The number of carboxylic acid groups (broad SMARTS) is 1. The molecule has 0 aromatic carbocycles. The normalized spacial score (nSPS) is 12.3. The maximum absolute atomic E-state index is 10.9. The zero-order valence-electron chi connectivity index (χ0n) is 8.47. The van der Waals surface area contributed by atoms with Crippen molar-refractivity contribution in [2.45, 2.75) is 18.9 Å². The number of nitrogens with zero attached hydrogens (tertiary/aromatic N) is 1. The maximum Gasteiger partial charge on any atom is 0.326 e. The minimum atomic E-state index is -0.860. The summed E-state index contributed by atoms with van der Waals surface area (Å²) in [6.45, 7) is 0.573. The number of hydrogen-bond donors (Lipinski definition) is 2. The van der Waals surface area contributed by atoms with Crippen LogP contribution < -0.4 is 5.32 Å². The van der Waals surface area contributed by atoms with Gasteiger partial charge in [-0.2, -0.15) is 0 Å². The fourth-order valence-corrected chi connectivity index (χ4v) is 1.72. The van der Waals surface area contributed by atoms with Crippen molar-refractivity contribution in [3.8, 4) is 0 Å². The van der Waals surface area contributed by atoms with Crippen molar-refractivity contribution >= 4 is 22.4 Å². The summed E-state index contributed by atoms with van der Waals surface area (Å²) in [4.78, 5) is 14.9. The topological polar surface area (TPSA) is 71.5 Å². The largest absolute Gasteiger partial charge is 0.480 e. The van der Waals surface area contributed by atoms with Crippen LogP contribution in [0.25, 0.3) is 0 Å². The fourth-order valence-electron chi connectivity index (χ4n) is 1.13. The highest BCUT2D eigenvalue weighted by atomic mass is 32.1. The van der Waals surface area contributed by atoms with Crippen LogP contribution in [0.15, 0.2) is 11.6 Å². The molecule has 0 saturated carbocycles. The number of aromatic nitrogens is 1. The van der Waals surface area contributed by atoms with E-state index in [1.807, 2.05) is 0 Å². The van der Waals surface area contributed by atoms with Gasteiger partial charge in [0.25, 0.3) is 0 Å². The number of hydrogen-bond acceptors (Lipinski definition) is 5. The van der Waals surface area contributed by atoms with Gasteiger partial charge in [-0.15, -0.1) is 11.3 Å². The molecule has 6 heteroatoms. The van der Waals surface area contributed by atoms with E-state index in [0.29, 0.717) is 24.6 Å². The third-order valence-electron chi connectivity index (χ3n) is 1.87. The molecule has 1 aromatic rings.